The molecule has 1 N–H and O–H groups in total. The number of hydrogen-bond acceptors (Lipinski definition) is 6. The molecule has 1 aliphatic heterocycles. The molecule has 10 heteroatoms. The molecule has 0 bridgehead atoms. The summed E-state index contributed by atoms with van der Waals surface area (Å²) in [5.74, 6) is -4.46. The number of amides is 1. The number of morpholine rings is 1. The van der Waals surface area contributed by atoms with E-state index < -0.39 is 40.4 Å². The molecule has 0 atom stereocenters. The zero-order valence-corrected chi connectivity index (χ0v) is 18.8. The summed E-state index contributed by atoms with van der Waals surface area (Å²) >= 11 is 0. The van der Waals surface area contributed by atoms with Crippen molar-refractivity contribution >= 4 is 34.1 Å². The van der Waals surface area contributed by atoms with Crippen LogP contribution in [0.3, 0.4) is 0 Å². The second kappa shape index (κ2) is 9.74. The Labute approximate surface area is 203 Å². The summed E-state index contributed by atoms with van der Waals surface area (Å²) < 4.78 is 48.4. The minimum Gasteiger partial charge on any atom is -0.378 e. The van der Waals surface area contributed by atoms with Crippen LogP contribution in [-0.2, 0) is 4.74 Å². The molecular weight excluding hydrogens is 473 g/mol. The number of carbonyl (C=O) groups is 2. The lowest BCUT2D eigenvalue weighted by molar-refractivity contribution is 0.101. The number of hydrogen-bond donors (Lipinski definition) is 1. The highest BCUT2D eigenvalue weighted by Gasteiger charge is 2.22. The summed E-state index contributed by atoms with van der Waals surface area (Å²) in [7, 11) is 0. The van der Waals surface area contributed by atoms with Crippen LogP contribution >= 0.6 is 0 Å². The van der Waals surface area contributed by atoms with Crippen LogP contribution in [0.25, 0.3) is 11.0 Å². The molecule has 2 aromatic carbocycles. The van der Waals surface area contributed by atoms with Crippen LogP contribution in [0.15, 0.2) is 60.8 Å². The van der Waals surface area contributed by atoms with Crippen molar-refractivity contribution in [3.05, 3.63) is 95.1 Å². The summed E-state index contributed by atoms with van der Waals surface area (Å²) in [6.07, 6.45) is 1.70. The summed E-state index contributed by atoms with van der Waals surface area (Å²) in [5.41, 5.74) is 0.398. The SMILES string of the molecule is O=C(Nc1cc(F)cc(C(=O)c2ccc3ncc(N4CCOCC4)cc3n2)c1F)c1cccc(F)c1. The molecule has 1 aliphatic rings. The van der Waals surface area contributed by atoms with E-state index >= 15 is 4.39 Å². The Morgan fingerprint density at radius 2 is 1.72 bits per heavy atom. The number of halogens is 3. The van der Waals surface area contributed by atoms with E-state index in [0.717, 1.165) is 30.0 Å². The highest BCUT2D eigenvalue weighted by molar-refractivity contribution is 6.10. The standard InChI is InChI=1S/C26H19F3N4O3/c27-16-3-1-2-15(10-16)26(35)32-23-12-17(28)11-19(24(23)29)25(34)21-5-4-20-22(31-21)13-18(14-30-20)33-6-8-36-9-7-33/h1-5,10-14H,6-9H2,(H,32,35). The minimum atomic E-state index is -1.13. The van der Waals surface area contributed by atoms with Gasteiger partial charge in [-0.1, -0.05) is 6.07 Å². The van der Waals surface area contributed by atoms with Gasteiger partial charge in [-0.15, -0.1) is 0 Å². The average Bonchev–Trinajstić information content (AvgIpc) is 2.90. The lowest BCUT2D eigenvalue weighted by Crippen LogP contribution is -2.36. The maximum Gasteiger partial charge on any atom is 0.255 e. The van der Waals surface area contributed by atoms with Crippen LogP contribution in [-0.4, -0.2) is 48.0 Å². The first-order valence-corrected chi connectivity index (χ1v) is 11.1. The fourth-order valence-corrected chi connectivity index (χ4v) is 3.92. The monoisotopic (exact) mass is 492 g/mol. The van der Waals surface area contributed by atoms with E-state index in [-0.39, 0.29) is 11.3 Å². The number of nitrogens with one attached hydrogen (secondary N) is 1. The molecule has 0 unspecified atom stereocenters. The van der Waals surface area contributed by atoms with Crippen molar-refractivity contribution in [3.63, 3.8) is 0 Å². The van der Waals surface area contributed by atoms with E-state index in [4.69, 9.17) is 4.74 Å². The molecular formula is C26H19F3N4O3. The predicted molar refractivity (Wildman–Crippen MR) is 127 cm³/mol. The third-order valence-corrected chi connectivity index (χ3v) is 5.75. The Kier molecular flexibility index (Phi) is 6.34. The van der Waals surface area contributed by atoms with E-state index in [1.165, 1.54) is 18.2 Å². The molecule has 7 nitrogen and oxygen atoms in total. The maximum absolute atomic E-state index is 15.2. The van der Waals surface area contributed by atoms with Crippen molar-refractivity contribution < 1.29 is 27.5 Å². The molecule has 0 spiro atoms. The largest absolute Gasteiger partial charge is 0.378 e. The topological polar surface area (TPSA) is 84.4 Å². The minimum absolute atomic E-state index is 0.0914. The molecule has 1 amide bonds. The van der Waals surface area contributed by atoms with Gasteiger partial charge in [0.2, 0.25) is 5.78 Å². The van der Waals surface area contributed by atoms with Crippen molar-refractivity contribution in [3.8, 4) is 0 Å². The quantitative estimate of drug-likeness (QED) is 0.417. The third-order valence-electron chi connectivity index (χ3n) is 5.75. The lowest BCUT2D eigenvalue weighted by atomic mass is 10.0. The van der Waals surface area contributed by atoms with Crippen LogP contribution in [0.1, 0.15) is 26.4 Å². The van der Waals surface area contributed by atoms with Crippen molar-refractivity contribution in [1.29, 1.82) is 0 Å². The molecule has 4 aromatic rings. The number of benzene rings is 2. The number of carbonyl (C=O) groups excluding carboxylic acids is 2. The van der Waals surface area contributed by atoms with Crippen LogP contribution in [0, 0.1) is 17.5 Å². The summed E-state index contributed by atoms with van der Waals surface area (Å²) in [4.78, 5) is 36.3. The predicted octanol–water partition coefficient (Wildman–Crippen LogP) is 4.37. The first-order valence-electron chi connectivity index (χ1n) is 11.1. The van der Waals surface area contributed by atoms with Crippen LogP contribution in [0.2, 0.25) is 0 Å². The highest BCUT2D eigenvalue weighted by Crippen LogP contribution is 2.25. The summed E-state index contributed by atoms with van der Waals surface area (Å²) in [5, 5.41) is 2.20. The number of aromatic nitrogens is 2. The lowest BCUT2D eigenvalue weighted by Gasteiger charge is -2.28. The molecule has 0 radical (unpaired) electrons. The average molecular weight is 492 g/mol. The van der Waals surface area contributed by atoms with E-state index in [1.807, 2.05) is 0 Å². The van der Waals surface area contributed by atoms with Gasteiger partial charge in [0.15, 0.2) is 5.82 Å². The molecule has 0 saturated carbocycles. The van der Waals surface area contributed by atoms with Gasteiger partial charge >= 0.3 is 0 Å². The van der Waals surface area contributed by atoms with Gasteiger partial charge < -0.3 is 15.0 Å². The first kappa shape index (κ1) is 23.4. The zero-order valence-electron chi connectivity index (χ0n) is 18.8. The van der Waals surface area contributed by atoms with Gasteiger partial charge in [0.25, 0.3) is 5.91 Å². The number of fused-ring (bicyclic) bond motifs is 1. The molecule has 1 fully saturated rings. The van der Waals surface area contributed by atoms with Gasteiger partial charge in [0, 0.05) is 24.7 Å². The van der Waals surface area contributed by atoms with E-state index in [0.29, 0.717) is 37.3 Å². The Hall–Kier alpha value is -4.31. The number of pyridine rings is 2. The van der Waals surface area contributed by atoms with Crippen molar-refractivity contribution in [2.45, 2.75) is 0 Å². The van der Waals surface area contributed by atoms with E-state index in [9.17, 15) is 18.4 Å². The Morgan fingerprint density at radius 1 is 0.917 bits per heavy atom. The Morgan fingerprint density at radius 3 is 2.50 bits per heavy atom. The number of ketones is 1. The Balaban J connectivity index is 1.45. The molecule has 0 aliphatic carbocycles. The fraction of sp³-hybridized carbons (Fsp3) is 0.154. The fourth-order valence-electron chi connectivity index (χ4n) is 3.92. The highest BCUT2D eigenvalue weighted by atomic mass is 19.1. The van der Waals surface area contributed by atoms with E-state index in [2.05, 4.69) is 20.2 Å². The maximum atomic E-state index is 15.2. The van der Waals surface area contributed by atoms with E-state index in [1.54, 1.807) is 18.3 Å². The summed E-state index contributed by atoms with van der Waals surface area (Å²) in [6.45, 7) is 2.54. The van der Waals surface area contributed by atoms with Gasteiger partial charge in [-0.3, -0.25) is 14.6 Å². The van der Waals surface area contributed by atoms with Crippen molar-refractivity contribution in [2.75, 3.05) is 36.5 Å². The molecule has 182 valence electrons. The van der Waals surface area contributed by atoms with Gasteiger partial charge in [-0.2, -0.15) is 0 Å². The first-order chi connectivity index (χ1) is 17.4. The van der Waals surface area contributed by atoms with Gasteiger partial charge in [-0.25, -0.2) is 18.2 Å². The molecule has 1 saturated heterocycles. The Bertz CT molecular complexity index is 1490. The molecule has 2 aromatic heterocycles. The number of nitrogens with zero attached hydrogens (tertiary/aromatic N) is 3. The molecule has 36 heavy (non-hydrogen) atoms. The van der Waals surface area contributed by atoms with Crippen LogP contribution in [0.4, 0.5) is 24.5 Å². The molecule has 3 heterocycles. The third kappa shape index (κ3) is 4.76. The second-order valence-corrected chi connectivity index (χ2v) is 8.14. The summed E-state index contributed by atoms with van der Waals surface area (Å²) in [6, 6.07) is 10.9. The molecule has 5 rings (SSSR count). The second-order valence-electron chi connectivity index (χ2n) is 8.14. The van der Waals surface area contributed by atoms with Crippen LogP contribution in [0.5, 0.6) is 0 Å². The zero-order chi connectivity index (χ0) is 25.2. The van der Waals surface area contributed by atoms with Gasteiger partial charge in [0.05, 0.1) is 47.4 Å². The smallest absolute Gasteiger partial charge is 0.255 e. The normalized spacial score (nSPS) is 13.6. The number of ether oxygens (including phenoxy) is 1. The number of anilines is 2. The van der Waals surface area contributed by atoms with Gasteiger partial charge in [-0.05, 0) is 42.5 Å². The number of rotatable bonds is 5. The van der Waals surface area contributed by atoms with Gasteiger partial charge in [0.1, 0.15) is 17.3 Å². The van der Waals surface area contributed by atoms with Crippen LogP contribution < -0.4 is 10.2 Å². The van der Waals surface area contributed by atoms with Crippen molar-refractivity contribution in [2.24, 2.45) is 0 Å². The van der Waals surface area contributed by atoms with Crippen molar-refractivity contribution in [1.82, 2.24) is 9.97 Å².